The van der Waals surface area contributed by atoms with Gasteiger partial charge in [-0.05, 0) is 42.5 Å². The number of nitrogens with one attached hydrogen (secondary N) is 2. The number of aromatic amines is 1. The van der Waals surface area contributed by atoms with Crippen molar-refractivity contribution in [2.24, 2.45) is 11.8 Å². The lowest BCUT2D eigenvalue weighted by Crippen LogP contribution is -2.23. The van der Waals surface area contributed by atoms with E-state index >= 15 is 0 Å². The van der Waals surface area contributed by atoms with E-state index < -0.39 is 0 Å². The van der Waals surface area contributed by atoms with Crippen LogP contribution < -0.4 is 10.9 Å². The van der Waals surface area contributed by atoms with E-state index in [-0.39, 0.29) is 29.0 Å². The van der Waals surface area contributed by atoms with Gasteiger partial charge in [0.25, 0.3) is 5.56 Å². The third kappa shape index (κ3) is 4.83. The average Bonchev–Trinajstić information content (AvgIpc) is 3.51. The summed E-state index contributed by atoms with van der Waals surface area (Å²) in [7, 11) is 0. The Bertz CT molecular complexity index is 1510. The number of nitrogens with zero attached hydrogens (tertiary/aromatic N) is 6. The molecule has 3 atom stereocenters. The molecule has 1 aromatic carbocycles. The molecule has 38 heavy (non-hydrogen) atoms. The Morgan fingerprint density at radius 1 is 1.13 bits per heavy atom. The van der Waals surface area contributed by atoms with E-state index in [0.29, 0.717) is 17.1 Å². The second-order valence-corrected chi connectivity index (χ2v) is 11.7. The zero-order valence-electron chi connectivity index (χ0n) is 22.8. The normalized spacial score (nSPS) is 19.0. The van der Waals surface area contributed by atoms with Crippen LogP contribution in [0.25, 0.3) is 10.9 Å². The monoisotopic (exact) mass is 512 g/mol. The molecule has 0 radical (unpaired) electrons. The molecule has 2 unspecified atom stereocenters. The zero-order chi connectivity index (χ0) is 27.0. The van der Waals surface area contributed by atoms with Crippen molar-refractivity contribution >= 4 is 22.4 Å². The second kappa shape index (κ2) is 10.1. The quantitative estimate of drug-likeness (QED) is 0.334. The van der Waals surface area contributed by atoms with Crippen molar-refractivity contribution in [2.75, 3.05) is 5.32 Å². The predicted octanol–water partition coefficient (Wildman–Crippen LogP) is 5.86. The number of nitriles is 1. The van der Waals surface area contributed by atoms with Gasteiger partial charge in [-0.1, -0.05) is 64.8 Å². The fourth-order valence-corrected chi connectivity index (χ4v) is 5.49. The van der Waals surface area contributed by atoms with Crippen LogP contribution in [-0.2, 0) is 5.41 Å². The molecular formula is C29H36N8O. The highest BCUT2D eigenvalue weighted by molar-refractivity contribution is 5.91. The Balaban J connectivity index is 1.46. The fourth-order valence-electron chi connectivity index (χ4n) is 5.49. The Morgan fingerprint density at radius 3 is 2.53 bits per heavy atom. The predicted molar refractivity (Wildman–Crippen MR) is 148 cm³/mol. The first-order valence-corrected chi connectivity index (χ1v) is 13.5. The third-order valence-electron chi connectivity index (χ3n) is 7.55. The minimum atomic E-state index is -0.196. The van der Waals surface area contributed by atoms with Crippen molar-refractivity contribution in [3.63, 3.8) is 0 Å². The molecule has 198 valence electrons. The van der Waals surface area contributed by atoms with Crippen LogP contribution >= 0.6 is 0 Å². The molecular weight excluding hydrogens is 476 g/mol. The van der Waals surface area contributed by atoms with Gasteiger partial charge in [0, 0.05) is 23.5 Å². The molecule has 1 aliphatic rings. The van der Waals surface area contributed by atoms with Crippen LogP contribution in [0, 0.1) is 23.2 Å². The first-order chi connectivity index (χ1) is 18.2. The van der Waals surface area contributed by atoms with Gasteiger partial charge >= 0.3 is 0 Å². The van der Waals surface area contributed by atoms with E-state index in [1.54, 1.807) is 6.20 Å². The highest BCUT2D eigenvalue weighted by atomic mass is 16.1. The summed E-state index contributed by atoms with van der Waals surface area (Å²) < 4.78 is 3.85. The number of pyridine rings is 1. The molecule has 3 heterocycles. The van der Waals surface area contributed by atoms with Gasteiger partial charge in [0.2, 0.25) is 0 Å². The van der Waals surface area contributed by atoms with Crippen LogP contribution in [0.2, 0.25) is 0 Å². The van der Waals surface area contributed by atoms with Crippen LogP contribution in [0.4, 0.5) is 11.5 Å². The van der Waals surface area contributed by atoms with Gasteiger partial charge < -0.3 is 10.3 Å². The molecule has 5 rings (SSSR count). The Morgan fingerprint density at radius 2 is 1.87 bits per heavy atom. The van der Waals surface area contributed by atoms with Crippen molar-refractivity contribution < 1.29 is 0 Å². The number of rotatable bonds is 6. The summed E-state index contributed by atoms with van der Waals surface area (Å²) in [6.07, 6.45) is 7.53. The Kier molecular flexibility index (Phi) is 6.82. The lowest BCUT2D eigenvalue weighted by molar-refractivity contribution is 0.277. The van der Waals surface area contributed by atoms with E-state index in [2.05, 4.69) is 73.4 Å². The lowest BCUT2D eigenvalue weighted by atomic mass is 9.85. The summed E-state index contributed by atoms with van der Waals surface area (Å²) in [6, 6.07) is 12.5. The van der Waals surface area contributed by atoms with Gasteiger partial charge in [-0.3, -0.25) is 9.48 Å². The largest absolute Gasteiger partial charge is 0.338 e. The lowest BCUT2D eigenvalue weighted by Gasteiger charge is -2.27. The average molecular weight is 513 g/mol. The molecule has 9 nitrogen and oxygen atoms in total. The number of aromatic nitrogens is 6. The summed E-state index contributed by atoms with van der Waals surface area (Å²) >= 11 is 0. The Hall–Kier alpha value is -3.93. The van der Waals surface area contributed by atoms with Gasteiger partial charge in [-0.25, -0.2) is 4.68 Å². The molecule has 0 bridgehead atoms. The zero-order valence-corrected chi connectivity index (χ0v) is 22.8. The molecule has 3 aromatic heterocycles. The van der Waals surface area contributed by atoms with Gasteiger partial charge in [0.05, 0.1) is 35.3 Å². The summed E-state index contributed by atoms with van der Waals surface area (Å²) in [6.45, 7) is 10.8. The van der Waals surface area contributed by atoms with Crippen molar-refractivity contribution in [3.8, 4) is 6.07 Å². The minimum absolute atomic E-state index is 0.0385. The standard InChI is InChI=1S/C29H36N8O/c1-18(2)26(36-17-24(33-35-36)29(3,4)5)19-10-12-21(13-11-19)32-27-25-23(14-15-31-28(25)38)37(34-27)22-9-7-6-8-20(22)16-30/h10-15,17-18,20,22,26H,6-9H2,1-5H3,(H,31,38)(H,32,34)/t20?,22-,26?/m0/s1. The molecule has 1 saturated carbocycles. The van der Waals surface area contributed by atoms with E-state index in [1.807, 2.05) is 33.8 Å². The summed E-state index contributed by atoms with van der Waals surface area (Å²) in [4.78, 5) is 15.6. The SMILES string of the molecule is CC(C)C(c1ccc(Nc2nn([C@H]3CCCCC3C#N)c3cc[nH]c(=O)c23)cc1)n1cc(C(C)(C)C)nn1. The van der Waals surface area contributed by atoms with Crippen molar-refractivity contribution in [2.45, 2.75) is 77.8 Å². The van der Waals surface area contributed by atoms with E-state index in [9.17, 15) is 10.1 Å². The maximum atomic E-state index is 12.9. The number of benzene rings is 1. The van der Waals surface area contributed by atoms with Gasteiger partial charge in [-0.15, -0.1) is 5.10 Å². The molecule has 0 amide bonds. The van der Waals surface area contributed by atoms with E-state index in [4.69, 9.17) is 5.10 Å². The topological polar surface area (TPSA) is 117 Å². The molecule has 2 N–H and O–H groups in total. The number of hydrogen-bond donors (Lipinski definition) is 2. The first kappa shape index (κ1) is 25.7. The number of H-pyrrole nitrogens is 1. The number of hydrogen-bond acceptors (Lipinski definition) is 6. The highest BCUT2D eigenvalue weighted by Gasteiger charge is 2.30. The molecule has 4 aromatic rings. The van der Waals surface area contributed by atoms with Crippen LogP contribution in [0.15, 0.2) is 47.5 Å². The summed E-state index contributed by atoms with van der Waals surface area (Å²) in [5.41, 5.74) is 3.41. The summed E-state index contributed by atoms with van der Waals surface area (Å²) in [5, 5.41) is 27.3. The van der Waals surface area contributed by atoms with Crippen LogP contribution in [0.1, 0.15) is 83.6 Å². The number of anilines is 2. The molecule has 1 aliphatic carbocycles. The maximum Gasteiger partial charge on any atom is 0.261 e. The fraction of sp³-hybridized carbons (Fsp3) is 0.483. The highest BCUT2D eigenvalue weighted by Crippen LogP contribution is 2.37. The molecule has 0 saturated heterocycles. The van der Waals surface area contributed by atoms with Gasteiger partial charge in [0.15, 0.2) is 5.82 Å². The van der Waals surface area contributed by atoms with Crippen molar-refractivity contribution in [1.82, 2.24) is 29.8 Å². The van der Waals surface area contributed by atoms with Crippen molar-refractivity contribution in [1.29, 1.82) is 5.26 Å². The van der Waals surface area contributed by atoms with Crippen LogP contribution in [0.3, 0.4) is 0 Å². The van der Waals surface area contributed by atoms with E-state index in [0.717, 1.165) is 48.1 Å². The van der Waals surface area contributed by atoms with Crippen molar-refractivity contribution in [3.05, 3.63) is 64.3 Å². The minimum Gasteiger partial charge on any atom is -0.338 e. The number of fused-ring (bicyclic) bond motifs is 1. The van der Waals surface area contributed by atoms with Gasteiger partial charge in [-0.2, -0.15) is 10.4 Å². The van der Waals surface area contributed by atoms with Crippen LogP contribution in [-0.4, -0.2) is 29.8 Å². The van der Waals surface area contributed by atoms with Crippen LogP contribution in [0.5, 0.6) is 0 Å². The molecule has 0 spiro atoms. The molecule has 9 heteroatoms. The van der Waals surface area contributed by atoms with E-state index in [1.165, 1.54) is 0 Å². The molecule has 1 fully saturated rings. The third-order valence-corrected chi connectivity index (χ3v) is 7.55. The molecule has 0 aliphatic heterocycles. The smallest absolute Gasteiger partial charge is 0.261 e. The maximum absolute atomic E-state index is 12.9. The second-order valence-electron chi connectivity index (χ2n) is 11.7. The first-order valence-electron chi connectivity index (χ1n) is 13.5. The summed E-state index contributed by atoms with van der Waals surface area (Å²) in [5.74, 6) is 0.704. The Labute approximate surface area is 222 Å². The van der Waals surface area contributed by atoms with Gasteiger partial charge in [0.1, 0.15) is 5.39 Å².